The minimum Gasteiger partial charge on any atom is -0.393 e. The van der Waals surface area contributed by atoms with Gasteiger partial charge in [-0.15, -0.1) is 0 Å². The third kappa shape index (κ3) is 3.48. The monoisotopic (exact) mass is 291 g/mol. The molecule has 0 aliphatic carbocycles. The fraction of sp³-hybridized carbons (Fsp3) is 0.500. The highest BCUT2D eigenvalue weighted by Gasteiger charge is 2.29. The van der Waals surface area contributed by atoms with Gasteiger partial charge in [-0.25, -0.2) is 0 Å². The van der Waals surface area contributed by atoms with Gasteiger partial charge in [-0.2, -0.15) is 5.26 Å². The summed E-state index contributed by atoms with van der Waals surface area (Å²) in [5, 5.41) is 29.7. The SMILES string of the molecule is CC(O)CC1COCCN1c1ccc(C#N)cc1[N+](=O)[O-]. The standard InChI is InChI=1S/C14H17N3O4/c1-10(18)6-12-9-21-5-4-16(12)13-3-2-11(8-15)7-14(13)17(19)20/h2-3,7,10,12,18H,4-6,9H2,1H3. The normalized spacial score (nSPS) is 19.9. The quantitative estimate of drug-likeness (QED) is 0.665. The van der Waals surface area contributed by atoms with Crippen LogP contribution < -0.4 is 4.90 Å². The molecule has 21 heavy (non-hydrogen) atoms. The molecule has 1 aliphatic heterocycles. The van der Waals surface area contributed by atoms with E-state index in [4.69, 9.17) is 10.00 Å². The lowest BCUT2D eigenvalue weighted by atomic mass is 10.1. The van der Waals surface area contributed by atoms with E-state index in [1.807, 2.05) is 11.0 Å². The first kappa shape index (κ1) is 15.2. The molecule has 7 heteroatoms. The maximum Gasteiger partial charge on any atom is 0.293 e. The first-order chi connectivity index (χ1) is 10.0. The Balaban J connectivity index is 2.38. The Morgan fingerprint density at radius 2 is 2.43 bits per heavy atom. The van der Waals surface area contributed by atoms with Crippen LogP contribution in [0.25, 0.3) is 0 Å². The summed E-state index contributed by atoms with van der Waals surface area (Å²) in [6.07, 6.45) is -0.0476. The van der Waals surface area contributed by atoms with Crippen LogP contribution in [0.4, 0.5) is 11.4 Å². The minimum absolute atomic E-state index is 0.0912. The number of anilines is 1. The van der Waals surface area contributed by atoms with Gasteiger partial charge in [0.1, 0.15) is 5.69 Å². The summed E-state index contributed by atoms with van der Waals surface area (Å²) in [5.74, 6) is 0. The molecule has 0 saturated carbocycles. The molecule has 0 radical (unpaired) electrons. The van der Waals surface area contributed by atoms with Gasteiger partial charge in [-0.05, 0) is 25.5 Å². The molecule has 7 nitrogen and oxygen atoms in total. The Morgan fingerprint density at radius 1 is 1.67 bits per heavy atom. The van der Waals surface area contributed by atoms with E-state index in [9.17, 15) is 15.2 Å². The van der Waals surface area contributed by atoms with Crippen molar-refractivity contribution in [1.29, 1.82) is 5.26 Å². The van der Waals surface area contributed by atoms with E-state index in [0.717, 1.165) is 0 Å². The van der Waals surface area contributed by atoms with Crippen molar-refractivity contribution in [3.8, 4) is 6.07 Å². The zero-order valence-electron chi connectivity index (χ0n) is 11.7. The lowest BCUT2D eigenvalue weighted by Gasteiger charge is -2.37. The number of hydrogen-bond donors (Lipinski definition) is 1. The predicted octanol–water partition coefficient (Wildman–Crippen LogP) is 1.44. The molecule has 1 aliphatic rings. The molecule has 1 N–H and O–H groups in total. The number of morpholine rings is 1. The van der Waals surface area contributed by atoms with E-state index in [-0.39, 0.29) is 17.3 Å². The van der Waals surface area contributed by atoms with Gasteiger partial charge in [0.25, 0.3) is 5.69 Å². The lowest BCUT2D eigenvalue weighted by molar-refractivity contribution is -0.384. The minimum atomic E-state index is -0.517. The Bertz CT molecular complexity index is 568. The van der Waals surface area contributed by atoms with Crippen molar-refractivity contribution in [3.05, 3.63) is 33.9 Å². The Hall–Kier alpha value is -2.17. The van der Waals surface area contributed by atoms with Crippen molar-refractivity contribution < 1.29 is 14.8 Å². The zero-order chi connectivity index (χ0) is 15.4. The van der Waals surface area contributed by atoms with Gasteiger partial charge in [0.05, 0.1) is 41.9 Å². The Morgan fingerprint density at radius 3 is 3.05 bits per heavy atom. The molecule has 0 spiro atoms. The fourth-order valence-electron chi connectivity index (χ4n) is 2.54. The van der Waals surface area contributed by atoms with Gasteiger partial charge in [0.15, 0.2) is 0 Å². The largest absolute Gasteiger partial charge is 0.393 e. The van der Waals surface area contributed by atoms with E-state index in [1.54, 1.807) is 19.1 Å². The molecular formula is C14H17N3O4. The van der Waals surface area contributed by atoms with Crippen molar-refractivity contribution in [2.45, 2.75) is 25.5 Å². The third-order valence-electron chi connectivity index (χ3n) is 3.45. The number of nitro groups is 1. The second-order valence-corrected chi connectivity index (χ2v) is 5.08. The van der Waals surface area contributed by atoms with Gasteiger partial charge >= 0.3 is 0 Å². The van der Waals surface area contributed by atoms with Crippen LogP contribution in [-0.4, -0.2) is 41.9 Å². The lowest BCUT2D eigenvalue weighted by Crippen LogP contribution is -2.47. The summed E-state index contributed by atoms with van der Waals surface area (Å²) in [6.45, 7) is 3.10. The van der Waals surface area contributed by atoms with Crippen molar-refractivity contribution in [3.63, 3.8) is 0 Å². The van der Waals surface area contributed by atoms with Crippen LogP contribution >= 0.6 is 0 Å². The van der Waals surface area contributed by atoms with Crippen LogP contribution in [0, 0.1) is 21.4 Å². The van der Waals surface area contributed by atoms with Crippen LogP contribution in [0.15, 0.2) is 18.2 Å². The highest BCUT2D eigenvalue weighted by molar-refractivity contribution is 5.66. The van der Waals surface area contributed by atoms with Crippen LogP contribution in [0.5, 0.6) is 0 Å². The molecular weight excluding hydrogens is 274 g/mol. The molecule has 1 aromatic carbocycles. The highest BCUT2D eigenvalue weighted by atomic mass is 16.6. The van der Waals surface area contributed by atoms with Crippen LogP contribution in [0.2, 0.25) is 0 Å². The Kier molecular flexibility index (Phi) is 4.73. The van der Waals surface area contributed by atoms with Gasteiger partial charge in [0.2, 0.25) is 0 Å². The average molecular weight is 291 g/mol. The number of hydrogen-bond acceptors (Lipinski definition) is 6. The molecule has 0 aromatic heterocycles. The number of aliphatic hydroxyl groups excluding tert-OH is 1. The average Bonchev–Trinajstić information content (AvgIpc) is 2.46. The molecule has 2 rings (SSSR count). The van der Waals surface area contributed by atoms with E-state index in [2.05, 4.69) is 0 Å². The van der Waals surface area contributed by atoms with E-state index >= 15 is 0 Å². The van der Waals surface area contributed by atoms with Crippen molar-refractivity contribution in [1.82, 2.24) is 0 Å². The summed E-state index contributed by atoms with van der Waals surface area (Å²) < 4.78 is 5.40. The van der Waals surface area contributed by atoms with Crippen molar-refractivity contribution >= 4 is 11.4 Å². The van der Waals surface area contributed by atoms with Crippen LogP contribution in [0.3, 0.4) is 0 Å². The number of aliphatic hydroxyl groups is 1. The maximum absolute atomic E-state index is 11.3. The van der Waals surface area contributed by atoms with Crippen molar-refractivity contribution in [2.75, 3.05) is 24.7 Å². The first-order valence-electron chi connectivity index (χ1n) is 6.74. The summed E-state index contributed by atoms with van der Waals surface area (Å²) in [6, 6.07) is 6.23. The molecule has 1 saturated heterocycles. The van der Waals surface area contributed by atoms with E-state index in [1.165, 1.54) is 6.07 Å². The van der Waals surface area contributed by atoms with Crippen molar-refractivity contribution in [2.24, 2.45) is 0 Å². The number of benzene rings is 1. The predicted molar refractivity (Wildman–Crippen MR) is 76.1 cm³/mol. The summed E-state index contributed by atoms with van der Waals surface area (Å²) in [7, 11) is 0. The summed E-state index contributed by atoms with van der Waals surface area (Å²) in [5.41, 5.74) is 0.630. The smallest absolute Gasteiger partial charge is 0.293 e. The number of nitrogens with zero attached hydrogens (tertiary/aromatic N) is 3. The summed E-state index contributed by atoms with van der Waals surface area (Å²) in [4.78, 5) is 12.7. The molecule has 1 fully saturated rings. The van der Waals surface area contributed by atoms with Crippen LogP contribution in [-0.2, 0) is 4.74 Å². The number of rotatable bonds is 4. The third-order valence-corrected chi connectivity index (χ3v) is 3.45. The second-order valence-electron chi connectivity index (χ2n) is 5.08. The van der Waals surface area contributed by atoms with Crippen LogP contribution in [0.1, 0.15) is 18.9 Å². The Labute approximate surface area is 122 Å². The van der Waals surface area contributed by atoms with E-state index in [0.29, 0.717) is 31.9 Å². The molecule has 1 heterocycles. The van der Waals surface area contributed by atoms with Gasteiger partial charge < -0.3 is 14.7 Å². The molecule has 112 valence electrons. The number of nitro benzene ring substituents is 1. The van der Waals surface area contributed by atoms with Gasteiger partial charge in [-0.3, -0.25) is 10.1 Å². The number of ether oxygens (including phenoxy) is 1. The highest BCUT2D eigenvalue weighted by Crippen LogP contribution is 2.32. The molecule has 2 atom stereocenters. The molecule has 2 unspecified atom stereocenters. The zero-order valence-corrected chi connectivity index (χ0v) is 11.7. The number of nitriles is 1. The maximum atomic E-state index is 11.3. The molecule has 0 amide bonds. The molecule has 1 aromatic rings. The van der Waals surface area contributed by atoms with Gasteiger partial charge in [0, 0.05) is 12.6 Å². The first-order valence-corrected chi connectivity index (χ1v) is 6.74. The second kappa shape index (κ2) is 6.52. The summed E-state index contributed by atoms with van der Waals surface area (Å²) >= 11 is 0. The van der Waals surface area contributed by atoms with Gasteiger partial charge in [-0.1, -0.05) is 0 Å². The fourth-order valence-corrected chi connectivity index (χ4v) is 2.54. The topological polar surface area (TPSA) is 99.6 Å². The molecule has 0 bridgehead atoms. The van der Waals surface area contributed by atoms with E-state index < -0.39 is 11.0 Å².